The summed E-state index contributed by atoms with van der Waals surface area (Å²) in [4.78, 5) is 17.0. The zero-order chi connectivity index (χ0) is 12.7. The third kappa shape index (κ3) is 4.55. The molecule has 0 saturated heterocycles. The fourth-order valence-corrected chi connectivity index (χ4v) is 2.15. The number of hydrogen-bond donors (Lipinski definition) is 2. The Morgan fingerprint density at radius 3 is 3.06 bits per heavy atom. The number of thiazole rings is 1. The summed E-state index contributed by atoms with van der Waals surface area (Å²) in [6.45, 7) is 4.65. The first-order valence-electron chi connectivity index (χ1n) is 5.55. The molecule has 5 heteroatoms. The van der Waals surface area contributed by atoms with Crippen molar-refractivity contribution in [2.24, 2.45) is 0 Å². The monoisotopic (exact) mass is 251 g/mol. The van der Waals surface area contributed by atoms with Crippen molar-refractivity contribution < 1.29 is 4.79 Å². The number of amides is 1. The average Bonchev–Trinajstić information content (AvgIpc) is 2.78. The molecule has 1 aromatic heterocycles. The van der Waals surface area contributed by atoms with Gasteiger partial charge in [0.2, 0.25) is 5.91 Å². The number of aryl methyl sites for hydroxylation is 1. The minimum atomic E-state index is -0.0685. The van der Waals surface area contributed by atoms with Crippen LogP contribution >= 0.6 is 11.3 Å². The Morgan fingerprint density at radius 2 is 2.47 bits per heavy atom. The van der Waals surface area contributed by atoms with Gasteiger partial charge in [-0.1, -0.05) is 12.8 Å². The van der Waals surface area contributed by atoms with Crippen LogP contribution in [0.15, 0.2) is 6.20 Å². The van der Waals surface area contributed by atoms with Gasteiger partial charge >= 0.3 is 0 Å². The number of carbonyl (C=O) groups excluding carboxylic acids is 1. The molecule has 0 aromatic carbocycles. The smallest absolute Gasteiger partial charge is 0.234 e. The summed E-state index contributed by atoms with van der Waals surface area (Å²) in [7, 11) is 0. The van der Waals surface area contributed by atoms with Crippen LogP contribution in [0.2, 0.25) is 0 Å². The Bertz CT molecular complexity index is 408. The van der Waals surface area contributed by atoms with E-state index < -0.39 is 0 Å². The van der Waals surface area contributed by atoms with E-state index >= 15 is 0 Å². The van der Waals surface area contributed by atoms with Gasteiger partial charge in [0.15, 0.2) is 0 Å². The Balaban J connectivity index is 2.40. The van der Waals surface area contributed by atoms with Gasteiger partial charge < -0.3 is 5.32 Å². The Hall–Kier alpha value is -1.38. The molecule has 4 nitrogen and oxygen atoms in total. The molecule has 17 heavy (non-hydrogen) atoms. The van der Waals surface area contributed by atoms with Gasteiger partial charge in [0.25, 0.3) is 0 Å². The molecule has 0 aliphatic carbocycles. The maximum atomic E-state index is 11.5. The maximum Gasteiger partial charge on any atom is 0.234 e. The Labute approximate surface area is 106 Å². The number of nitrogens with one attached hydrogen (secondary N) is 2. The molecule has 2 N–H and O–H groups in total. The minimum Gasteiger partial charge on any atom is -0.346 e. The first kappa shape index (κ1) is 13.7. The molecule has 92 valence electrons. The molecule has 1 aromatic rings. The van der Waals surface area contributed by atoms with E-state index in [0.717, 1.165) is 11.4 Å². The molecule has 1 amide bonds. The standard InChI is InChI=1S/C12H17N3OS/c1-4-6-13-8-11(16)15-9(3)12-14-7-10(5-2)17-12/h1,7,9,13H,5-6,8H2,2-3H3,(H,15,16). The van der Waals surface area contributed by atoms with Crippen LogP contribution in [0.1, 0.15) is 29.8 Å². The number of aromatic nitrogens is 1. The van der Waals surface area contributed by atoms with Crippen molar-refractivity contribution in [3.8, 4) is 12.3 Å². The van der Waals surface area contributed by atoms with Crippen LogP contribution in [-0.2, 0) is 11.2 Å². The Morgan fingerprint density at radius 1 is 1.71 bits per heavy atom. The van der Waals surface area contributed by atoms with E-state index in [2.05, 4.69) is 28.5 Å². The predicted octanol–water partition coefficient (Wildman–Crippen LogP) is 1.11. The van der Waals surface area contributed by atoms with Crippen molar-refractivity contribution >= 4 is 17.2 Å². The van der Waals surface area contributed by atoms with Gasteiger partial charge in [-0.3, -0.25) is 10.1 Å². The van der Waals surface area contributed by atoms with Crippen molar-refractivity contribution in [1.82, 2.24) is 15.6 Å². The van der Waals surface area contributed by atoms with E-state index in [4.69, 9.17) is 6.42 Å². The lowest BCUT2D eigenvalue weighted by molar-refractivity contribution is -0.120. The second-order valence-corrected chi connectivity index (χ2v) is 4.76. The lowest BCUT2D eigenvalue weighted by atomic mass is 10.3. The lowest BCUT2D eigenvalue weighted by Crippen LogP contribution is -2.35. The number of rotatable bonds is 6. The first-order valence-corrected chi connectivity index (χ1v) is 6.37. The van der Waals surface area contributed by atoms with E-state index in [0.29, 0.717) is 6.54 Å². The molecule has 1 atom stereocenters. The van der Waals surface area contributed by atoms with Crippen LogP contribution < -0.4 is 10.6 Å². The molecule has 0 bridgehead atoms. The average molecular weight is 251 g/mol. The number of terminal acetylenes is 1. The molecular weight excluding hydrogens is 234 g/mol. The molecule has 0 aliphatic rings. The normalized spacial score (nSPS) is 11.8. The summed E-state index contributed by atoms with van der Waals surface area (Å²) in [6, 6.07) is -0.0552. The van der Waals surface area contributed by atoms with Crippen molar-refractivity contribution in [3.63, 3.8) is 0 Å². The molecule has 1 heterocycles. The molecule has 0 saturated carbocycles. The van der Waals surface area contributed by atoms with E-state index in [1.54, 1.807) is 11.3 Å². The van der Waals surface area contributed by atoms with Crippen molar-refractivity contribution in [2.45, 2.75) is 26.3 Å². The van der Waals surface area contributed by atoms with E-state index in [1.807, 2.05) is 13.1 Å². The zero-order valence-electron chi connectivity index (χ0n) is 10.1. The lowest BCUT2D eigenvalue weighted by Gasteiger charge is -2.11. The van der Waals surface area contributed by atoms with Gasteiger partial charge in [-0.05, 0) is 13.3 Å². The SMILES string of the molecule is C#CCNCC(=O)NC(C)c1ncc(CC)s1. The van der Waals surface area contributed by atoms with Crippen molar-refractivity contribution in [2.75, 3.05) is 13.1 Å². The summed E-state index contributed by atoms with van der Waals surface area (Å²) in [5.74, 6) is 2.35. The van der Waals surface area contributed by atoms with E-state index in [-0.39, 0.29) is 18.5 Å². The van der Waals surface area contributed by atoms with Crippen LogP contribution in [0.25, 0.3) is 0 Å². The maximum absolute atomic E-state index is 11.5. The van der Waals surface area contributed by atoms with Crippen LogP contribution in [-0.4, -0.2) is 24.0 Å². The van der Waals surface area contributed by atoms with Crippen LogP contribution in [0.3, 0.4) is 0 Å². The van der Waals surface area contributed by atoms with E-state index in [9.17, 15) is 4.79 Å². The molecule has 1 unspecified atom stereocenters. The highest BCUT2D eigenvalue weighted by molar-refractivity contribution is 7.11. The zero-order valence-corrected chi connectivity index (χ0v) is 10.9. The van der Waals surface area contributed by atoms with E-state index in [1.165, 1.54) is 4.88 Å². The second-order valence-electron chi connectivity index (χ2n) is 3.62. The van der Waals surface area contributed by atoms with Crippen molar-refractivity contribution in [1.29, 1.82) is 0 Å². The third-order valence-corrected chi connectivity index (χ3v) is 3.50. The summed E-state index contributed by atoms with van der Waals surface area (Å²) >= 11 is 1.63. The Kier molecular flexibility index (Phi) is 5.67. The number of carbonyl (C=O) groups is 1. The fraction of sp³-hybridized carbons (Fsp3) is 0.500. The van der Waals surface area contributed by atoms with Gasteiger partial charge in [-0.2, -0.15) is 0 Å². The van der Waals surface area contributed by atoms with Gasteiger partial charge in [0, 0.05) is 11.1 Å². The third-order valence-electron chi connectivity index (χ3n) is 2.18. The topological polar surface area (TPSA) is 54.0 Å². The molecule has 0 aliphatic heterocycles. The van der Waals surface area contributed by atoms with Gasteiger partial charge in [-0.25, -0.2) is 4.98 Å². The van der Waals surface area contributed by atoms with Crippen LogP contribution in [0, 0.1) is 12.3 Å². The molecular formula is C12H17N3OS. The van der Waals surface area contributed by atoms with Crippen molar-refractivity contribution in [3.05, 3.63) is 16.1 Å². The number of nitrogens with zero attached hydrogens (tertiary/aromatic N) is 1. The fourth-order valence-electron chi connectivity index (χ4n) is 1.29. The summed E-state index contributed by atoms with van der Waals surface area (Å²) in [6.07, 6.45) is 7.91. The molecule has 0 spiro atoms. The molecule has 1 rings (SSSR count). The molecule has 0 radical (unpaired) electrons. The van der Waals surface area contributed by atoms with Crippen LogP contribution in [0.4, 0.5) is 0 Å². The highest BCUT2D eigenvalue weighted by atomic mass is 32.1. The minimum absolute atomic E-state index is 0.0552. The van der Waals surface area contributed by atoms with Crippen LogP contribution in [0.5, 0.6) is 0 Å². The van der Waals surface area contributed by atoms with Gasteiger partial charge in [-0.15, -0.1) is 17.8 Å². The van der Waals surface area contributed by atoms with Gasteiger partial charge in [0.1, 0.15) is 5.01 Å². The highest BCUT2D eigenvalue weighted by Gasteiger charge is 2.12. The first-order chi connectivity index (χ1) is 8.17. The largest absolute Gasteiger partial charge is 0.346 e. The summed E-state index contributed by atoms with van der Waals surface area (Å²) in [5, 5.41) is 6.65. The molecule has 0 fully saturated rings. The number of hydrogen-bond acceptors (Lipinski definition) is 4. The van der Waals surface area contributed by atoms with Gasteiger partial charge in [0.05, 0.1) is 19.1 Å². The highest BCUT2D eigenvalue weighted by Crippen LogP contribution is 2.19. The quantitative estimate of drug-likeness (QED) is 0.588. The predicted molar refractivity (Wildman–Crippen MR) is 69.8 cm³/mol. The summed E-state index contributed by atoms with van der Waals surface area (Å²) in [5.41, 5.74) is 0. The summed E-state index contributed by atoms with van der Waals surface area (Å²) < 4.78 is 0. The second kappa shape index (κ2) is 7.05.